The van der Waals surface area contributed by atoms with Crippen LogP contribution in [-0.2, 0) is 9.53 Å². The molecule has 0 amide bonds. The number of allylic oxidation sites excluding steroid dienone is 1. The average Bonchev–Trinajstić information content (AvgIpc) is 3.10. The predicted octanol–water partition coefficient (Wildman–Crippen LogP) is 7.57. The maximum atomic E-state index is 12.0. The topological polar surface area (TPSA) is 46.5 Å². The molecule has 5 saturated carbocycles. The molecule has 0 saturated heterocycles. The number of aliphatic hydroxyl groups is 1. The Hall–Kier alpha value is -0.830. The highest BCUT2D eigenvalue weighted by Gasteiger charge is 2.71. The van der Waals surface area contributed by atoms with Crippen molar-refractivity contribution in [1.82, 2.24) is 0 Å². The standard InChI is InChI=1S/C32H52O3/c1-19(2)21-12-14-29(6)16-17-31(8)22(26(21)29)10-11-25-30(7)18-23(35-20(3)33)27(34)28(4,5)24(30)13-15-32(25,31)9/h21-27,34H,1,10-18H2,2-9H3. The van der Waals surface area contributed by atoms with Gasteiger partial charge in [-0.05, 0) is 121 Å². The Labute approximate surface area is 214 Å². The number of rotatable bonds is 2. The number of hydrogen-bond acceptors (Lipinski definition) is 3. The Morgan fingerprint density at radius 2 is 1.54 bits per heavy atom. The van der Waals surface area contributed by atoms with Crippen LogP contribution in [0.2, 0.25) is 0 Å². The average molecular weight is 485 g/mol. The number of ether oxygens (including phenoxy) is 1. The molecule has 0 bridgehead atoms. The highest BCUT2D eigenvalue weighted by Crippen LogP contribution is 2.77. The van der Waals surface area contributed by atoms with Crippen LogP contribution in [0.4, 0.5) is 0 Å². The van der Waals surface area contributed by atoms with Gasteiger partial charge in [-0.15, -0.1) is 0 Å². The fraction of sp³-hybridized carbons (Fsp3) is 0.906. The summed E-state index contributed by atoms with van der Waals surface area (Å²) in [6.45, 7) is 23.1. The summed E-state index contributed by atoms with van der Waals surface area (Å²) >= 11 is 0. The lowest BCUT2D eigenvalue weighted by Crippen LogP contribution is -2.68. The lowest BCUT2D eigenvalue weighted by molar-refractivity contribution is -0.264. The van der Waals surface area contributed by atoms with Gasteiger partial charge in [0.05, 0.1) is 6.10 Å². The first-order valence-corrected chi connectivity index (χ1v) is 14.6. The molecule has 0 aromatic carbocycles. The molecule has 5 aliphatic carbocycles. The van der Waals surface area contributed by atoms with Crippen molar-refractivity contribution in [3.8, 4) is 0 Å². The largest absolute Gasteiger partial charge is 0.460 e. The molecule has 3 heteroatoms. The van der Waals surface area contributed by atoms with Crippen molar-refractivity contribution in [2.45, 2.75) is 125 Å². The first kappa shape index (κ1) is 25.8. The van der Waals surface area contributed by atoms with Crippen molar-refractivity contribution in [2.75, 3.05) is 0 Å². The van der Waals surface area contributed by atoms with Crippen molar-refractivity contribution in [3.63, 3.8) is 0 Å². The zero-order valence-corrected chi connectivity index (χ0v) is 23.9. The minimum absolute atomic E-state index is 0.0774. The highest BCUT2D eigenvalue weighted by molar-refractivity contribution is 5.66. The van der Waals surface area contributed by atoms with Crippen LogP contribution in [0.25, 0.3) is 0 Å². The van der Waals surface area contributed by atoms with E-state index in [-0.39, 0.29) is 22.2 Å². The highest BCUT2D eigenvalue weighted by atomic mass is 16.6. The summed E-state index contributed by atoms with van der Waals surface area (Å²) in [6, 6.07) is 0. The number of carbonyl (C=O) groups is 1. The van der Waals surface area contributed by atoms with Crippen molar-refractivity contribution >= 4 is 5.97 Å². The van der Waals surface area contributed by atoms with E-state index in [2.05, 4.69) is 55.0 Å². The third-order valence-corrected chi connectivity index (χ3v) is 13.7. The molecule has 0 aromatic rings. The number of aliphatic hydroxyl groups excluding tert-OH is 1. The van der Waals surface area contributed by atoms with Crippen LogP contribution in [-0.4, -0.2) is 23.3 Å². The molecule has 5 fully saturated rings. The van der Waals surface area contributed by atoms with Crippen LogP contribution in [0, 0.1) is 56.7 Å². The van der Waals surface area contributed by atoms with Gasteiger partial charge in [0, 0.05) is 6.92 Å². The van der Waals surface area contributed by atoms with E-state index in [1.54, 1.807) is 0 Å². The lowest BCUT2D eigenvalue weighted by atomic mass is 9.32. The Kier molecular flexibility index (Phi) is 5.78. The van der Waals surface area contributed by atoms with Crippen LogP contribution in [0.3, 0.4) is 0 Å². The molecule has 198 valence electrons. The molecule has 11 atom stereocenters. The lowest BCUT2D eigenvalue weighted by Gasteiger charge is -2.73. The monoisotopic (exact) mass is 484 g/mol. The van der Waals surface area contributed by atoms with E-state index >= 15 is 0 Å². The van der Waals surface area contributed by atoms with Crippen LogP contribution in [0.5, 0.6) is 0 Å². The molecule has 0 heterocycles. The van der Waals surface area contributed by atoms with Gasteiger partial charge in [-0.2, -0.15) is 0 Å². The zero-order chi connectivity index (χ0) is 25.8. The summed E-state index contributed by atoms with van der Waals surface area (Å²) in [5, 5.41) is 11.3. The number of hydrogen-bond donors (Lipinski definition) is 1. The predicted molar refractivity (Wildman–Crippen MR) is 142 cm³/mol. The second-order valence-electron chi connectivity index (χ2n) is 15.5. The third kappa shape index (κ3) is 3.28. The Bertz CT molecular complexity index is 906. The summed E-state index contributed by atoms with van der Waals surface area (Å²) in [6.07, 6.45) is 10.3. The summed E-state index contributed by atoms with van der Waals surface area (Å²) in [5.74, 6) is 3.04. The van der Waals surface area contributed by atoms with Gasteiger partial charge < -0.3 is 9.84 Å². The fourth-order valence-corrected chi connectivity index (χ4v) is 11.9. The van der Waals surface area contributed by atoms with Crippen LogP contribution in [0.1, 0.15) is 113 Å². The molecule has 5 aliphatic rings. The van der Waals surface area contributed by atoms with Crippen molar-refractivity contribution in [2.24, 2.45) is 56.7 Å². The minimum Gasteiger partial charge on any atom is -0.460 e. The Balaban J connectivity index is 1.54. The van der Waals surface area contributed by atoms with Gasteiger partial charge in [0.15, 0.2) is 0 Å². The van der Waals surface area contributed by atoms with E-state index in [0.29, 0.717) is 28.6 Å². The summed E-state index contributed by atoms with van der Waals surface area (Å²) in [5.41, 5.74) is 2.34. The molecule has 0 aliphatic heterocycles. The summed E-state index contributed by atoms with van der Waals surface area (Å²) in [4.78, 5) is 12.0. The fourth-order valence-electron chi connectivity index (χ4n) is 11.9. The molecule has 35 heavy (non-hydrogen) atoms. The minimum atomic E-state index is -0.592. The van der Waals surface area contributed by atoms with Gasteiger partial charge >= 0.3 is 5.97 Å². The van der Waals surface area contributed by atoms with Gasteiger partial charge in [0.25, 0.3) is 0 Å². The number of esters is 1. The molecule has 0 aromatic heterocycles. The number of fused-ring (bicyclic) bond motifs is 7. The third-order valence-electron chi connectivity index (χ3n) is 13.7. The molecule has 11 unspecified atom stereocenters. The van der Waals surface area contributed by atoms with E-state index in [1.807, 2.05) is 0 Å². The normalized spacial score (nSPS) is 54.6. The van der Waals surface area contributed by atoms with Crippen LogP contribution >= 0.6 is 0 Å². The van der Waals surface area contributed by atoms with E-state index in [4.69, 9.17) is 4.74 Å². The Morgan fingerprint density at radius 3 is 2.17 bits per heavy atom. The van der Waals surface area contributed by atoms with Gasteiger partial charge in [0.1, 0.15) is 6.10 Å². The molecule has 1 N–H and O–H groups in total. The maximum Gasteiger partial charge on any atom is 0.302 e. The molecular weight excluding hydrogens is 432 g/mol. The maximum absolute atomic E-state index is 12.0. The Morgan fingerprint density at radius 1 is 0.857 bits per heavy atom. The summed E-state index contributed by atoms with van der Waals surface area (Å²) < 4.78 is 5.81. The van der Waals surface area contributed by atoms with E-state index in [0.717, 1.165) is 18.3 Å². The zero-order valence-electron chi connectivity index (χ0n) is 23.9. The number of carbonyl (C=O) groups excluding carboxylic acids is 1. The van der Waals surface area contributed by atoms with Gasteiger partial charge in [-0.3, -0.25) is 4.79 Å². The van der Waals surface area contributed by atoms with E-state index in [1.165, 1.54) is 63.9 Å². The second kappa shape index (κ2) is 7.84. The molecule has 3 nitrogen and oxygen atoms in total. The van der Waals surface area contributed by atoms with Crippen molar-refractivity contribution in [3.05, 3.63) is 12.2 Å². The van der Waals surface area contributed by atoms with Crippen molar-refractivity contribution < 1.29 is 14.6 Å². The quantitative estimate of drug-likeness (QED) is 0.325. The van der Waals surface area contributed by atoms with E-state index < -0.39 is 12.2 Å². The van der Waals surface area contributed by atoms with Crippen LogP contribution < -0.4 is 0 Å². The molecule has 0 radical (unpaired) electrons. The first-order chi connectivity index (χ1) is 16.1. The smallest absolute Gasteiger partial charge is 0.302 e. The molecule has 0 spiro atoms. The van der Waals surface area contributed by atoms with Crippen molar-refractivity contribution in [1.29, 1.82) is 0 Å². The molecular formula is C32H52O3. The van der Waals surface area contributed by atoms with Gasteiger partial charge in [0.2, 0.25) is 0 Å². The van der Waals surface area contributed by atoms with Crippen LogP contribution in [0.15, 0.2) is 12.2 Å². The first-order valence-electron chi connectivity index (χ1n) is 14.6. The van der Waals surface area contributed by atoms with Gasteiger partial charge in [-0.1, -0.05) is 53.7 Å². The second-order valence-corrected chi connectivity index (χ2v) is 15.5. The summed E-state index contributed by atoms with van der Waals surface area (Å²) in [7, 11) is 0. The van der Waals surface area contributed by atoms with E-state index in [9.17, 15) is 9.90 Å². The SMILES string of the molecule is C=C(C)C1CCC2(C)CCC3(C)C(CCC4C5(C)CC(OC(C)=O)C(O)C(C)(C)C5CCC43C)C12. The van der Waals surface area contributed by atoms with Gasteiger partial charge in [-0.25, -0.2) is 0 Å². The molecule has 5 rings (SSSR count).